The maximum Gasteiger partial charge on any atom is 0.223 e. The third-order valence-corrected chi connectivity index (χ3v) is 2.26. The van der Waals surface area contributed by atoms with Crippen LogP contribution in [0.2, 0.25) is 0 Å². The molecule has 4 heteroatoms. The lowest BCUT2D eigenvalue weighted by Crippen LogP contribution is -2.23. The normalized spacial score (nSPS) is 10.1. The third kappa shape index (κ3) is 2.94. The molecule has 0 spiro atoms. The van der Waals surface area contributed by atoms with Crippen LogP contribution in [0, 0.1) is 0 Å². The Bertz CT molecular complexity index is 366. The van der Waals surface area contributed by atoms with Gasteiger partial charge in [-0.3, -0.25) is 9.59 Å². The van der Waals surface area contributed by atoms with E-state index in [2.05, 4.69) is 0 Å². The first kappa shape index (κ1) is 11.5. The molecule has 1 aromatic rings. The van der Waals surface area contributed by atoms with Gasteiger partial charge in [0.15, 0.2) is 5.78 Å². The number of carbonyl (C=O) groups excluding carboxylic acids is 2. The number of Topliss-reactive ketones (excluding diaryl/α,β-unsaturated/α-hetero) is 1. The number of rotatable bonds is 4. The molecule has 0 aromatic carbocycles. The fraction of sp³-hybridized carbons (Fsp3) is 0.455. The summed E-state index contributed by atoms with van der Waals surface area (Å²) in [4.78, 5) is 24.1. The zero-order valence-corrected chi connectivity index (χ0v) is 9.36. The van der Waals surface area contributed by atoms with Gasteiger partial charge in [0.1, 0.15) is 0 Å². The van der Waals surface area contributed by atoms with E-state index in [0.29, 0.717) is 18.7 Å². The first-order valence-electron chi connectivity index (χ1n) is 4.88. The number of nitrogens with zero attached hydrogens (tertiary/aromatic N) is 2. The first-order valence-corrected chi connectivity index (χ1v) is 4.88. The lowest BCUT2D eigenvalue weighted by Gasteiger charge is -2.11. The number of ketones is 1. The number of aryl methyl sites for hydroxylation is 1. The molecular formula is C11H16N2O2. The van der Waals surface area contributed by atoms with E-state index in [1.54, 1.807) is 25.1 Å². The molecule has 0 saturated carbocycles. The molecule has 1 amide bonds. The summed E-state index contributed by atoms with van der Waals surface area (Å²) >= 11 is 0. The second-order valence-corrected chi connectivity index (χ2v) is 3.68. The van der Waals surface area contributed by atoms with Crippen LogP contribution < -0.4 is 0 Å². The van der Waals surface area contributed by atoms with E-state index in [9.17, 15) is 9.59 Å². The average molecular weight is 208 g/mol. The number of aromatic nitrogens is 1. The van der Waals surface area contributed by atoms with E-state index in [-0.39, 0.29) is 11.7 Å². The van der Waals surface area contributed by atoms with Crippen molar-refractivity contribution in [2.45, 2.75) is 19.9 Å². The fourth-order valence-corrected chi connectivity index (χ4v) is 1.37. The Hall–Kier alpha value is -1.58. The van der Waals surface area contributed by atoms with Gasteiger partial charge < -0.3 is 9.47 Å². The third-order valence-electron chi connectivity index (χ3n) is 2.26. The largest absolute Gasteiger partial charge is 0.349 e. The Kier molecular flexibility index (Phi) is 3.66. The van der Waals surface area contributed by atoms with Crippen molar-refractivity contribution in [3.63, 3.8) is 0 Å². The standard InChI is InChI=1S/C11H16N2O2/c1-9(14)10-5-4-7-13(10)8-6-11(15)12(2)3/h4-5,7H,6,8H2,1-3H3. The van der Waals surface area contributed by atoms with Gasteiger partial charge in [0.25, 0.3) is 0 Å². The van der Waals surface area contributed by atoms with E-state index in [4.69, 9.17) is 0 Å². The number of hydrogen-bond donors (Lipinski definition) is 0. The smallest absolute Gasteiger partial charge is 0.223 e. The van der Waals surface area contributed by atoms with Crippen LogP contribution in [0.25, 0.3) is 0 Å². The predicted octanol–water partition coefficient (Wildman–Crippen LogP) is 1.17. The molecule has 0 aliphatic carbocycles. The highest BCUT2D eigenvalue weighted by Gasteiger charge is 2.08. The van der Waals surface area contributed by atoms with Gasteiger partial charge in [0.2, 0.25) is 5.91 Å². The quantitative estimate of drug-likeness (QED) is 0.697. The summed E-state index contributed by atoms with van der Waals surface area (Å²) in [6.07, 6.45) is 2.24. The van der Waals surface area contributed by atoms with Crippen LogP contribution in [0.15, 0.2) is 18.3 Å². The van der Waals surface area contributed by atoms with Crippen LogP contribution >= 0.6 is 0 Å². The molecule has 4 nitrogen and oxygen atoms in total. The molecule has 0 saturated heterocycles. The molecule has 0 bridgehead atoms. The zero-order valence-electron chi connectivity index (χ0n) is 9.36. The van der Waals surface area contributed by atoms with Crippen molar-refractivity contribution in [1.82, 2.24) is 9.47 Å². The average Bonchev–Trinajstić information content (AvgIpc) is 2.61. The molecule has 82 valence electrons. The summed E-state index contributed by atoms with van der Waals surface area (Å²) in [7, 11) is 3.45. The topological polar surface area (TPSA) is 42.3 Å². The van der Waals surface area contributed by atoms with Crippen LogP contribution in [0.3, 0.4) is 0 Å². The highest BCUT2D eigenvalue weighted by atomic mass is 16.2. The molecule has 15 heavy (non-hydrogen) atoms. The lowest BCUT2D eigenvalue weighted by molar-refractivity contribution is -0.128. The molecule has 0 radical (unpaired) electrons. The minimum absolute atomic E-state index is 0.0253. The SMILES string of the molecule is CC(=O)c1cccn1CCC(=O)N(C)C. The molecule has 0 aliphatic rings. The molecule has 0 aliphatic heterocycles. The van der Waals surface area contributed by atoms with Crippen molar-refractivity contribution in [2.24, 2.45) is 0 Å². The van der Waals surface area contributed by atoms with Gasteiger partial charge in [0, 0.05) is 40.2 Å². The van der Waals surface area contributed by atoms with E-state index < -0.39 is 0 Å². The van der Waals surface area contributed by atoms with Gasteiger partial charge in [-0.25, -0.2) is 0 Å². The minimum atomic E-state index is 0.0253. The van der Waals surface area contributed by atoms with Crippen molar-refractivity contribution < 1.29 is 9.59 Å². The monoisotopic (exact) mass is 208 g/mol. The van der Waals surface area contributed by atoms with E-state index in [0.717, 1.165) is 0 Å². The van der Waals surface area contributed by atoms with Crippen LogP contribution in [0.4, 0.5) is 0 Å². The zero-order chi connectivity index (χ0) is 11.4. The van der Waals surface area contributed by atoms with Gasteiger partial charge in [0.05, 0.1) is 5.69 Å². The lowest BCUT2D eigenvalue weighted by atomic mass is 10.3. The summed E-state index contributed by atoms with van der Waals surface area (Å²) in [6.45, 7) is 2.08. The summed E-state index contributed by atoms with van der Waals surface area (Å²) < 4.78 is 1.81. The van der Waals surface area contributed by atoms with Gasteiger partial charge >= 0.3 is 0 Å². The summed E-state index contributed by atoms with van der Waals surface area (Å²) in [5.74, 6) is 0.0931. The minimum Gasteiger partial charge on any atom is -0.349 e. The Balaban J connectivity index is 2.62. The second kappa shape index (κ2) is 4.77. The Morgan fingerprint density at radius 3 is 2.60 bits per heavy atom. The molecule has 1 rings (SSSR count). The summed E-state index contributed by atoms with van der Waals surface area (Å²) in [5, 5.41) is 0. The Labute approximate surface area is 89.5 Å². The van der Waals surface area contributed by atoms with Crippen molar-refractivity contribution in [1.29, 1.82) is 0 Å². The fourth-order valence-electron chi connectivity index (χ4n) is 1.37. The highest BCUT2D eigenvalue weighted by molar-refractivity contribution is 5.92. The summed E-state index contributed by atoms with van der Waals surface area (Å²) in [6, 6.07) is 3.58. The molecule has 0 unspecified atom stereocenters. The van der Waals surface area contributed by atoms with Gasteiger partial charge in [-0.15, -0.1) is 0 Å². The summed E-state index contributed by atoms with van der Waals surface area (Å²) in [5.41, 5.74) is 0.654. The second-order valence-electron chi connectivity index (χ2n) is 3.68. The van der Waals surface area contributed by atoms with E-state index >= 15 is 0 Å². The Morgan fingerprint density at radius 1 is 1.40 bits per heavy atom. The van der Waals surface area contributed by atoms with Gasteiger partial charge in [-0.1, -0.05) is 0 Å². The van der Waals surface area contributed by atoms with Crippen LogP contribution in [0.1, 0.15) is 23.8 Å². The molecule has 0 fully saturated rings. The Morgan fingerprint density at radius 2 is 2.07 bits per heavy atom. The van der Waals surface area contributed by atoms with Crippen LogP contribution in [0.5, 0.6) is 0 Å². The molecule has 1 aromatic heterocycles. The number of amides is 1. The van der Waals surface area contributed by atoms with Gasteiger partial charge in [-0.2, -0.15) is 0 Å². The van der Waals surface area contributed by atoms with Gasteiger partial charge in [-0.05, 0) is 12.1 Å². The predicted molar refractivity (Wildman–Crippen MR) is 57.7 cm³/mol. The van der Waals surface area contributed by atoms with E-state index in [1.807, 2.05) is 16.8 Å². The van der Waals surface area contributed by atoms with Crippen molar-refractivity contribution in [2.75, 3.05) is 14.1 Å². The van der Waals surface area contributed by atoms with Crippen LogP contribution in [-0.2, 0) is 11.3 Å². The van der Waals surface area contributed by atoms with Crippen LogP contribution in [-0.4, -0.2) is 35.3 Å². The maximum absolute atomic E-state index is 11.3. The van der Waals surface area contributed by atoms with Crippen molar-refractivity contribution >= 4 is 11.7 Å². The highest BCUT2D eigenvalue weighted by Crippen LogP contribution is 2.04. The molecular weight excluding hydrogens is 192 g/mol. The van der Waals surface area contributed by atoms with Crippen molar-refractivity contribution in [3.8, 4) is 0 Å². The first-order chi connectivity index (χ1) is 7.02. The van der Waals surface area contributed by atoms with Crippen molar-refractivity contribution in [3.05, 3.63) is 24.0 Å². The molecule has 0 N–H and O–H groups in total. The number of carbonyl (C=O) groups is 2. The molecule has 0 atom stereocenters. The molecule has 1 heterocycles. The van der Waals surface area contributed by atoms with E-state index in [1.165, 1.54) is 6.92 Å². The maximum atomic E-state index is 11.3. The number of hydrogen-bond acceptors (Lipinski definition) is 2.